The fraction of sp³-hybridized carbons (Fsp3) is 0.0833. The van der Waals surface area contributed by atoms with Crippen LogP contribution >= 0.6 is 12.6 Å². The van der Waals surface area contributed by atoms with Crippen molar-refractivity contribution in [1.29, 1.82) is 0 Å². The van der Waals surface area contributed by atoms with Crippen LogP contribution in [0, 0.1) is 6.92 Å². The molecule has 0 aliphatic rings. The Balaban J connectivity index is 2.55. The first-order valence-corrected chi connectivity index (χ1v) is 4.94. The van der Waals surface area contributed by atoms with Crippen LogP contribution in [0.4, 0.5) is 0 Å². The molecule has 0 aliphatic carbocycles. The molecule has 0 unspecified atom stereocenters. The van der Waals surface area contributed by atoms with Crippen molar-refractivity contribution in [2.24, 2.45) is 0 Å². The van der Waals surface area contributed by atoms with Gasteiger partial charge in [0.15, 0.2) is 0 Å². The third-order valence-electron chi connectivity index (χ3n) is 2.07. The molecule has 0 amide bonds. The number of pyridine rings is 1. The fourth-order valence-corrected chi connectivity index (χ4v) is 1.66. The Kier molecular flexibility index (Phi) is 2.55. The Morgan fingerprint density at radius 3 is 2.50 bits per heavy atom. The Morgan fingerprint density at radius 1 is 1.00 bits per heavy atom. The number of rotatable bonds is 1. The molecular formula is C12H11NS. The van der Waals surface area contributed by atoms with E-state index in [1.54, 1.807) is 0 Å². The van der Waals surface area contributed by atoms with Gasteiger partial charge in [0.05, 0.1) is 5.69 Å². The summed E-state index contributed by atoms with van der Waals surface area (Å²) < 4.78 is 0. The van der Waals surface area contributed by atoms with Gasteiger partial charge in [0.2, 0.25) is 0 Å². The smallest absolute Gasteiger partial charge is 0.0716 e. The second-order valence-corrected chi connectivity index (χ2v) is 3.66. The van der Waals surface area contributed by atoms with Gasteiger partial charge in [-0.15, -0.1) is 12.6 Å². The Hall–Kier alpha value is -1.28. The summed E-state index contributed by atoms with van der Waals surface area (Å²) in [5.41, 5.74) is 3.09. The highest BCUT2D eigenvalue weighted by Crippen LogP contribution is 2.24. The minimum atomic E-state index is 0.964. The quantitative estimate of drug-likeness (QED) is 0.698. The van der Waals surface area contributed by atoms with E-state index in [1.165, 1.54) is 0 Å². The lowest BCUT2D eigenvalue weighted by atomic mass is 10.1. The summed E-state index contributed by atoms with van der Waals surface area (Å²) in [6.07, 6.45) is 0. The molecule has 0 N–H and O–H groups in total. The standard InChI is InChI=1S/C12H11NS/c1-9-5-4-7-11(13-9)10-6-2-3-8-12(10)14/h2-8,14H,1H3. The van der Waals surface area contributed by atoms with Crippen molar-refractivity contribution in [2.45, 2.75) is 11.8 Å². The first kappa shape index (κ1) is 9.28. The summed E-state index contributed by atoms with van der Waals surface area (Å²) >= 11 is 4.40. The SMILES string of the molecule is Cc1cccc(-c2ccccc2S)n1. The fourth-order valence-electron chi connectivity index (χ4n) is 1.38. The highest BCUT2D eigenvalue weighted by Gasteiger charge is 2.01. The Morgan fingerprint density at radius 2 is 1.79 bits per heavy atom. The molecule has 0 atom stereocenters. The van der Waals surface area contributed by atoms with Gasteiger partial charge in [-0.25, -0.2) is 0 Å². The summed E-state index contributed by atoms with van der Waals surface area (Å²) in [4.78, 5) is 5.42. The largest absolute Gasteiger partial charge is 0.253 e. The van der Waals surface area contributed by atoms with Crippen LogP contribution in [0.1, 0.15) is 5.69 Å². The number of hydrogen-bond acceptors (Lipinski definition) is 2. The number of benzene rings is 1. The second kappa shape index (κ2) is 3.84. The van der Waals surface area contributed by atoms with E-state index >= 15 is 0 Å². The van der Waals surface area contributed by atoms with Crippen molar-refractivity contribution in [3.05, 3.63) is 48.2 Å². The van der Waals surface area contributed by atoms with Gasteiger partial charge >= 0.3 is 0 Å². The summed E-state index contributed by atoms with van der Waals surface area (Å²) in [7, 11) is 0. The minimum absolute atomic E-state index is 0.964. The zero-order valence-electron chi connectivity index (χ0n) is 7.94. The van der Waals surface area contributed by atoms with Gasteiger partial charge in [0.25, 0.3) is 0 Å². The number of thiol groups is 1. The Bertz CT molecular complexity index is 452. The van der Waals surface area contributed by atoms with E-state index in [4.69, 9.17) is 0 Å². The predicted octanol–water partition coefficient (Wildman–Crippen LogP) is 3.35. The molecule has 0 aliphatic heterocycles. The second-order valence-electron chi connectivity index (χ2n) is 3.18. The van der Waals surface area contributed by atoms with E-state index in [9.17, 15) is 0 Å². The third-order valence-corrected chi connectivity index (χ3v) is 2.46. The van der Waals surface area contributed by atoms with Gasteiger partial charge in [0.1, 0.15) is 0 Å². The number of nitrogens with zero attached hydrogens (tertiary/aromatic N) is 1. The molecule has 1 nitrogen and oxygen atoms in total. The molecule has 70 valence electrons. The van der Waals surface area contributed by atoms with Crippen molar-refractivity contribution in [3.8, 4) is 11.3 Å². The van der Waals surface area contributed by atoms with Crippen molar-refractivity contribution in [1.82, 2.24) is 4.98 Å². The molecule has 0 saturated heterocycles. The van der Waals surface area contributed by atoms with Crippen LogP contribution in [0.25, 0.3) is 11.3 Å². The first-order chi connectivity index (χ1) is 6.77. The van der Waals surface area contributed by atoms with Gasteiger partial charge in [0, 0.05) is 16.2 Å². The number of aromatic nitrogens is 1. The van der Waals surface area contributed by atoms with E-state index in [-0.39, 0.29) is 0 Å². The average Bonchev–Trinajstić information content (AvgIpc) is 2.18. The van der Waals surface area contributed by atoms with E-state index in [2.05, 4.69) is 17.6 Å². The van der Waals surface area contributed by atoms with Crippen LogP contribution < -0.4 is 0 Å². The molecule has 0 fully saturated rings. The van der Waals surface area contributed by atoms with Crippen LogP contribution in [0.2, 0.25) is 0 Å². The lowest BCUT2D eigenvalue weighted by molar-refractivity contribution is 1.19. The molecular weight excluding hydrogens is 190 g/mol. The van der Waals surface area contributed by atoms with Gasteiger partial charge in [-0.1, -0.05) is 24.3 Å². The summed E-state index contributed by atoms with van der Waals surface area (Å²) in [6, 6.07) is 14.0. The highest BCUT2D eigenvalue weighted by molar-refractivity contribution is 7.80. The topological polar surface area (TPSA) is 12.9 Å². The minimum Gasteiger partial charge on any atom is -0.253 e. The van der Waals surface area contributed by atoms with Crippen LogP contribution in [-0.4, -0.2) is 4.98 Å². The zero-order chi connectivity index (χ0) is 9.97. The van der Waals surface area contributed by atoms with Gasteiger partial charge in [-0.05, 0) is 25.1 Å². The number of hydrogen-bond donors (Lipinski definition) is 1. The van der Waals surface area contributed by atoms with E-state index in [0.717, 1.165) is 21.8 Å². The third kappa shape index (κ3) is 1.80. The molecule has 2 rings (SSSR count). The molecule has 1 aromatic heterocycles. The Labute approximate surface area is 89.2 Å². The van der Waals surface area contributed by atoms with Crippen molar-refractivity contribution in [2.75, 3.05) is 0 Å². The van der Waals surface area contributed by atoms with Crippen molar-refractivity contribution < 1.29 is 0 Å². The zero-order valence-corrected chi connectivity index (χ0v) is 8.83. The molecule has 0 saturated carbocycles. The van der Waals surface area contributed by atoms with Crippen molar-refractivity contribution >= 4 is 12.6 Å². The molecule has 0 radical (unpaired) electrons. The van der Waals surface area contributed by atoms with Gasteiger partial charge < -0.3 is 0 Å². The van der Waals surface area contributed by atoms with Crippen LogP contribution in [-0.2, 0) is 0 Å². The normalized spacial score (nSPS) is 10.1. The van der Waals surface area contributed by atoms with E-state index < -0.39 is 0 Å². The van der Waals surface area contributed by atoms with Crippen LogP contribution in [0.5, 0.6) is 0 Å². The van der Waals surface area contributed by atoms with Crippen molar-refractivity contribution in [3.63, 3.8) is 0 Å². The first-order valence-electron chi connectivity index (χ1n) is 4.49. The maximum atomic E-state index is 4.46. The maximum Gasteiger partial charge on any atom is 0.0716 e. The lowest BCUT2D eigenvalue weighted by Gasteiger charge is -2.04. The summed E-state index contributed by atoms with van der Waals surface area (Å²) in [6.45, 7) is 1.99. The molecule has 1 heterocycles. The molecule has 0 bridgehead atoms. The maximum absolute atomic E-state index is 4.46. The predicted molar refractivity (Wildman–Crippen MR) is 61.7 cm³/mol. The average molecular weight is 201 g/mol. The van der Waals surface area contributed by atoms with Gasteiger partial charge in [-0.3, -0.25) is 4.98 Å². The van der Waals surface area contributed by atoms with E-state index in [1.807, 2.05) is 49.4 Å². The highest BCUT2D eigenvalue weighted by atomic mass is 32.1. The summed E-state index contributed by atoms with van der Waals surface area (Å²) in [5, 5.41) is 0. The van der Waals surface area contributed by atoms with Crippen LogP contribution in [0.3, 0.4) is 0 Å². The molecule has 2 aromatic rings. The molecule has 0 spiro atoms. The molecule has 14 heavy (non-hydrogen) atoms. The molecule has 1 aromatic carbocycles. The molecule has 2 heteroatoms. The summed E-state index contributed by atoms with van der Waals surface area (Å²) in [5.74, 6) is 0. The van der Waals surface area contributed by atoms with Crippen LogP contribution in [0.15, 0.2) is 47.4 Å². The van der Waals surface area contributed by atoms with E-state index in [0.29, 0.717) is 0 Å². The monoisotopic (exact) mass is 201 g/mol. The number of aryl methyl sites for hydroxylation is 1. The van der Waals surface area contributed by atoms with Gasteiger partial charge in [-0.2, -0.15) is 0 Å². The lowest BCUT2D eigenvalue weighted by Crippen LogP contribution is -1.86.